The third kappa shape index (κ3) is 4.15. The van der Waals surface area contributed by atoms with Crippen LogP contribution >= 0.6 is 23.7 Å². The molecule has 3 rings (SSSR count). The van der Waals surface area contributed by atoms with Gasteiger partial charge in [0, 0.05) is 42.2 Å². The van der Waals surface area contributed by atoms with Crippen LogP contribution in [-0.2, 0) is 0 Å². The number of thiazole rings is 1. The molecule has 1 aromatic carbocycles. The Morgan fingerprint density at radius 1 is 1.44 bits per heavy atom. The average Bonchev–Trinajstić information content (AvgIpc) is 3.11. The molecule has 1 saturated heterocycles. The van der Waals surface area contributed by atoms with Gasteiger partial charge in [0.25, 0.3) is 11.6 Å². The number of hydrogen-bond acceptors (Lipinski definition) is 6. The number of nitro groups is 1. The Balaban J connectivity index is 0.00000225. The number of halogens is 1. The van der Waals surface area contributed by atoms with Gasteiger partial charge in [-0.2, -0.15) is 0 Å². The maximum Gasteiger partial charge on any atom is 0.273 e. The lowest BCUT2D eigenvalue weighted by Gasteiger charge is -2.34. The Morgan fingerprint density at radius 3 is 2.96 bits per heavy atom. The number of carbonyl (C=O) groups excluding carboxylic acids is 1. The smallest absolute Gasteiger partial charge is 0.273 e. The highest BCUT2D eigenvalue weighted by atomic mass is 35.5. The highest BCUT2D eigenvalue weighted by molar-refractivity contribution is 7.13. The van der Waals surface area contributed by atoms with Crippen molar-refractivity contribution in [1.82, 2.24) is 9.88 Å². The fourth-order valence-corrected chi connectivity index (χ4v) is 3.71. The zero-order chi connectivity index (χ0) is 17.1. The van der Waals surface area contributed by atoms with Gasteiger partial charge in [-0.25, -0.2) is 4.98 Å². The normalized spacial score (nSPS) is 17.0. The second kappa shape index (κ2) is 8.37. The number of piperidine rings is 1. The number of nitrogens with zero attached hydrogens (tertiary/aromatic N) is 3. The molecule has 0 radical (unpaired) electrons. The number of rotatable bonds is 4. The van der Waals surface area contributed by atoms with Crippen molar-refractivity contribution in [3.8, 4) is 10.6 Å². The lowest BCUT2D eigenvalue weighted by molar-refractivity contribution is -0.384. The topological polar surface area (TPSA) is 102 Å². The van der Waals surface area contributed by atoms with E-state index in [0.717, 1.165) is 19.3 Å². The number of benzene rings is 1. The maximum atomic E-state index is 12.7. The molecule has 7 nitrogen and oxygen atoms in total. The largest absolute Gasteiger partial charge is 0.333 e. The molecule has 1 aliphatic heterocycles. The first-order valence-electron chi connectivity index (χ1n) is 7.81. The number of non-ortho nitro benzene ring substituents is 1. The van der Waals surface area contributed by atoms with Crippen molar-refractivity contribution in [2.75, 3.05) is 13.1 Å². The second-order valence-electron chi connectivity index (χ2n) is 5.73. The summed E-state index contributed by atoms with van der Waals surface area (Å²) in [5.41, 5.74) is 6.80. The molecule has 0 saturated carbocycles. The fraction of sp³-hybridized carbons (Fsp3) is 0.375. The van der Waals surface area contributed by atoms with Crippen molar-refractivity contribution in [2.24, 2.45) is 5.73 Å². The fourth-order valence-electron chi connectivity index (χ4n) is 2.92. The van der Waals surface area contributed by atoms with Crippen LogP contribution in [0, 0.1) is 10.1 Å². The molecule has 0 bridgehead atoms. The van der Waals surface area contributed by atoms with E-state index in [-0.39, 0.29) is 30.0 Å². The molecule has 1 aromatic heterocycles. The number of nitro benzene ring substituents is 1. The number of likely N-dealkylation sites (tertiary alicyclic amines) is 1. The Hall–Kier alpha value is -2.03. The van der Waals surface area contributed by atoms with Gasteiger partial charge in [0.15, 0.2) is 0 Å². The van der Waals surface area contributed by atoms with Crippen LogP contribution in [0.15, 0.2) is 29.6 Å². The summed E-state index contributed by atoms with van der Waals surface area (Å²) < 4.78 is 0. The van der Waals surface area contributed by atoms with Crippen molar-refractivity contribution < 1.29 is 9.72 Å². The zero-order valence-electron chi connectivity index (χ0n) is 13.5. The molecule has 0 spiro atoms. The highest BCUT2D eigenvalue weighted by Gasteiger charge is 2.28. The van der Waals surface area contributed by atoms with Crippen molar-refractivity contribution in [3.63, 3.8) is 0 Å². The summed E-state index contributed by atoms with van der Waals surface area (Å²) in [6, 6.07) is 6.34. The summed E-state index contributed by atoms with van der Waals surface area (Å²) in [6.07, 6.45) is 2.98. The van der Waals surface area contributed by atoms with E-state index >= 15 is 0 Å². The van der Waals surface area contributed by atoms with Gasteiger partial charge >= 0.3 is 0 Å². The zero-order valence-corrected chi connectivity index (χ0v) is 15.1. The molecular weight excluding hydrogens is 364 g/mol. The Labute approximate surface area is 155 Å². The molecule has 0 aliphatic carbocycles. The van der Waals surface area contributed by atoms with Crippen LogP contribution in [0.5, 0.6) is 0 Å². The monoisotopic (exact) mass is 382 g/mol. The van der Waals surface area contributed by atoms with Gasteiger partial charge in [-0.3, -0.25) is 14.9 Å². The van der Waals surface area contributed by atoms with Gasteiger partial charge in [-0.05, 0) is 19.3 Å². The molecule has 25 heavy (non-hydrogen) atoms. The van der Waals surface area contributed by atoms with Crippen LogP contribution in [0.1, 0.15) is 29.8 Å². The van der Waals surface area contributed by atoms with Crippen LogP contribution in [0.2, 0.25) is 0 Å². The Kier molecular flexibility index (Phi) is 6.46. The van der Waals surface area contributed by atoms with Gasteiger partial charge in [0.2, 0.25) is 0 Å². The van der Waals surface area contributed by atoms with Crippen molar-refractivity contribution in [1.29, 1.82) is 0 Å². The summed E-state index contributed by atoms with van der Waals surface area (Å²) in [5.74, 6) is -0.113. The number of amides is 1. The molecule has 1 atom stereocenters. The second-order valence-corrected chi connectivity index (χ2v) is 6.59. The quantitative estimate of drug-likeness (QED) is 0.646. The minimum atomic E-state index is -0.442. The van der Waals surface area contributed by atoms with E-state index in [9.17, 15) is 14.9 Å². The molecule has 1 unspecified atom stereocenters. The highest BCUT2D eigenvalue weighted by Crippen LogP contribution is 2.28. The predicted octanol–water partition coefficient (Wildman–Crippen LogP) is 3.09. The molecular formula is C16H19ClN4O3S. The molecule has 2 heterocycles. The molecule has 2 N–H and O–H groups in total. The lowest BCUT2D eigenvalue weighted by Crippen LogP contribution is -2.47. The molecule has 1 amide bonds. The number of hydrogen-bond donors (Lipinski definition) is 1. The maximum absolute atomic E-state index is 12.7. The van der Waals surface area contributed by atoms with Crippen LogP contribution in [-0.4, -0.2) is 39.8 Å². The SMILES string of the molecule is Cl.NCC1CCCCN1C(=O)c1csc(-c2cccc([N+](=O)[O-])c2)n1. The molecule has 134 valence electrons. The standard InChI is InChI=1S/C16H18N4O3S.ClH/c17-9-13-5-1-2-7-19(13)16(21)14-10-24-15(18-14)11-4-3-6-12(8-11)20(22)23;/h3-4,6,8,10,13H,1-2,5,7,9,17H2;1H. The van der Waals surface area contributed by atoms with E-state index in [1.807, 2.05) is 0 Å². The van der Waals surface area contributed by atoms with E-state index in [2.05, 4.69) is 4.98 Å². The first-order chi connectivity index (χ1) is 11.6. The summed E-state index contributed by atoms with van der Waals surface area (Å²) in [7, 11) is 0. The summed E-state index contributed by atoms with van der Waals surface area (Å²) in [4.78, 5) is 29.3. The molecule has 9 heteroatoms. The van der Waals surface area contributed by atoms with E-state index in [4.69, 9.17) is 5.73 Å². The van der Waals surface area contributed by atoms with Gasteiger partial charge in [-0.15, -0.1) is 23.7 Å². The van der Waals surface area contributed by atoms with E-state index < -0.39 is 4.92 Å². The van der Waals surface area contributed by atoms with Crippen LogP contribution in [0.3, 0.4) is 0 Å². The van der Waals surface area contributed by atoms with Crippen LogP contribution in [0.25, 0.3) is 10.6 Å². The average molecular weight is 383 g/mol. The van der Waals surface area contributed by atoms with E-state index in [1.165, 1.54) is 23.5 Å². The van der Waals surface area contributed by atoms with Gasteiger partial charge in [0.1, 0.15) is 10.7 Å². The van der Waals surface area contributed by atoms with Gasteiger partial charge < -0.3 is 10.6 Å². The van der Waals surface area contributed by atoms with Gasteiger partial charge in [0.05, 0.1) is 4.92 Å². The minimum Gasteiger partial charge on any atom is -0.333 e. The van der Waals surface area contributed by atoms with Crippen molar-refractivity contribution in [3.05, 3.63) is 45.5 Å². The van der Waals surface area contributed by atoms with Gasteiger partial charge in [-0.1, -0.05) is 12.1 Å². The first-order valence-corrected chi connectivity index (χ1v) is 8.69. The summed E-state index contributed by atoms with van der Waals surface area (Å²) in [6.45, 7) is 1.15. The van der Waals surface area contributed by atoms with Crippen molar-refractivity contribution in [2.45, 2.75) is 25.3 Å². The Bertz CT molecular complexity index is 767. The lowest BCUT2D eigenvalue weighted by atomic mass is 10.0. The van der Waals surface area contributed by atoms with E-state index in [0.29, 0.717) is 29.4 Å². The van der Waals surface area contributed by atoms with Crippen LogP contribution < -0.4 is 5.73 Å². The number of carbonyl (C=O) groups is 1. The summed E-state index contributed by atoms with van der Waals surface area (Å²) >= 11 is 1.31. The van der Waals surface area contributed by atoms with Crippen LogP contribution in [0.4, 0.5) is 5.69 Å². The minimum absolute atomic E-state index is 0. The third-order valence-electron chi connectivity index (χ3n) is 4.19. The molecule has 1 fully saturated rings. The van der Waals surface area contributed by atoms with Crippen molar-refractivity contribution >= 4 is 35.3 Å². The summed E-state index contributed by atoms with van der Waals surface area (Å²) in [5, 5.41) is 13.2. The Morgan fingerprint density at radius 2 is 2.24 bits per heavy atom. The molecule has 1 aliphatic rings. The number of aromatic nitrogens is 1. The molecule has 2 aromatic rings. The predicted molar refractivity (Wildman–Crippen MR) is 99.2 cm³/mol. The first kappa shape index (κ1) is 19.3. The number of nitrogens with two attached hydrogens (primary N) is 1. The van der Waals surface area contributed by atoms with E-state index in [1.54, 1.807) is 22.4 Å². The third-order valence-corrected chi connectivity index (χ3v) is 5.08.